The molecule has 1 aliphatic rings. The largest absolute Gasteiger partial charge is 0.496 e. The Morgan fingerprint density at radius 2 is 1.85 bits per heavy atom. The highest BCUT2D eigenvalue weighted by molar-refractivity contribution is 6.07. The molecule has 0 atom stereocenters. The fraction of sp³-hybridized carbons (Fsp3) is 0.286. The highest BCUT2D eigenvalue weighted by atomic mass is 16.5. The van der Waals surface area contributed by atoms with Gasteiger partial charge in [0.25, 0.3) is 5.91 Å². The van der Waals surface area contributed by atoms with Gasteiger partial charge in [-0.2, -0.15) is 0 Å². The van der Waals surface area contributed by atoms with E-state index in [4.69, 9.17) is 9.47 Å². The van der Waals surface area contributed by atoms with E-state index in [9.17, 15) is 4.79 Å². The number of morpholine rings is 1. The molecule has 1 amide bonds. The third-order valence-electron chi connectivity index (χ3n) is 5.00. The number of amides is 1. The van der Waals surface area contributed by atoms with Gasteiger partial charge in [-0.3, -0.25) is 4.79 Å². The van der Waals surface area contributed by atoms with Crippen LogP contribution in [0.15, 0.2) is 48.5 Å². The predicted molar refractivity (Wildman–Crippen MR) is 107 cm³/mol. The fourth-order valence-corrected chi connectivity index (χ4v) is 3.50. The van der Waals surface area contributed by atoms with E-state index in [1.807, 2.05) is 60.1 Å². The van der Waals surface area contributed by atoms with Crippen LogP contribution >= 0.6 is 0 Å². The Kier molecular flexibility index (Phi) is 4.73. The molecule has 140 valence electrons. The van der Waals surface area contributed by atoms with Crippen molar-refractivity contribution in [2.75, 3.05) is 43.6 Å². The van der Waals surface area contributed by atoms with Crippen molar-refractivity contribution in [3.8, 4) is 5.75 Å². The van der Waals surface area contributed by atoms with Crippen molar-refractivity contribution in [2.45, 2.75) is 0 Å². The number of carbonyl (C=O) groups excluding carboxylic acids is 1. The van der Waals surface area contributed by atoms with Crippen LogP contribution in [0.1, 0.15) is 10.5 Å². The molecule has 1 saturated heterocycles. The maximum Gasteiger partial charge on any atom is 0.272 e. The third-order valence-corrected chi connectivity index (χ3v) is 5.00. The van der Waals surface area contributed by atoms with Crippen LogP contribution in [0.4, 0.5) is 11.4 Å². The topological polar surface area (TPSA) is 55.7 Å². The minimum Gasteiger partial charge on any atom is -0.496 e. The Morgan fingerprint density at radius 1 is 1.11 bits per heavy atom. The number of nitrogens with zero attached hydrogens (tertiary/aromatic N) is 2. The molecule has 2 heterocycles. The standard InChI is InChI=1S/C21H23N3O3/c1-23-18-4-3-5-20(26-2)17(18)14-19(23)21(25)22-15-6-8-16(9-7-15)24-10-12-27-13-11-24/h3-9,14H,10-13H2,1-2H3,(H,22,25). The number of methoxy groups -OCH3 is 1. The molecular weight excluding hydrogens is 342 g/mol. The summed E-state index contributed by atoms with van der Waals surface area (Å²) in [5, 5.41) is 3.91. The van der Waals surface area contributed by atoms with E-state index in [-0.39, 0.29) is 5.91 Å². The van der Waals surface area contributed by atoms with Crippen LogP contribution in [0.5, 0.6) is 5.75 Å². The number of aryl methyl sites for hydroxylation is 1. The number of aromatic nitrogens is 1. The van der Waals surface area contributed by atoms with Crippen molar-refractivity contribution < 1.29 is 14.3 Å². The third kappa shape index (κ3) is 3.36. The molecule has 1 aromatic heterocycles. The molecule has 27 heavy (non-hydrogen) atoms. The molecule has 2 aromatic carbocycles. The molecule has 0 radical (unpaired) electrons. The first-order chi connectivity index (χ1) is 13.2. The normalized spacial score (nSPS) is 14.4. The predicted octanol–water partition coefficient (Wildman–Crippen LogP) is 3.28. The Labute approximate surface area is 158 Å². The molecule has 3 aromatic rings. The number of ether oxygens (including phenoxy) is 2. The van der Waals surface area contributed by atoms with Crippen molar-refractivity contribution >= 4 is 28.2 Å². The number of hydrogen-bond acceptors (Lipinski definition) is 4. The van der Waals surface area contributed by atoms with Gasteiger partial charge < -0.3 is 24.3 Å². The van der Waals surface area contributed by atoms with Gasteiger partial charge in [0.1, 0.15) is 11.4 Å². The maximum absolute atomic E-state index is 12.8. The smallest absolute Gasteiger partial charge is 0.272 e. The van der Waals surface area contributed by atoms with Crippen LogP contribution in [0, 0.1) is 0 Å². The lowest BCUT2D eigenvalue weighted by atomic mass is 10.2. The molecule has 4 rings (SSSR count). The van der Waals surface area contributed by atoms with Crippen molar-refractivity contribution in [3.05, 3.63) is 54.2 Å². The lowest BCUT2D eigenvalue weighted by Crippen LogP contribution is -2.36. The van der Waals surface area contributed by atoms with Crippen LogP contribution in [0.3, 0.4) is 0 Å². The first-order valence-electron chi connectivity index (χ1n) is 9.04. The molecule has 0 aliphatic carbocycles. The molecule has 0 spiro atoms. The molecule has 0 bridgehead atoms. The summed E-state index contributed by atoms with van der Waals surface area (Å²) in [6.07, 6.45) is 0. The minimum absolute atomic E-state index is 0.144. The number of nitrogens with one attached hydrogen (secondary N) is 1. The van der Waals surface area contributed by atoms with Gasteiger partial charge >= 0.3 is 0 Å². The number of fused-ring (bicyclic) bond motifs is 1. The van der Waals surface area contributed by atoms with Gasteiger partial charge in [0.05, 0.1) is 25.8 Å². The molecule has 6 nitrogen and oxygen atoms in total. The summed E-state index contributed by atoms with van der Waals surface area (Å²) in [6, 6.07) is 15.6. The van der Waals surface area contributed by atoms with Crippen LogP contribution in [-0.2, 0) is 11.8 Å². The van der Waals surface area contributed by atoms with Gasteiger partial charge in [0, 0.05) is 36.9 Å². The van der Waals surface area contributed by atoms with Gasteiger partial charge in [-0.05, 0) is 42.5 Å². The van der Waals surface area contributed by atoms with Crippen molar-refractivity contribution in [1.82, 2.24) is 4.57 Å². The first-order valence-corrected chi connectivity index (χ1v) is 9.04. The molecule has 1 aliphatic heterocycles. The maximum atomic E-state index is 12.8. The van der Waals surface area contributed by atoms with Crippen LogP contribution in [-0.4, -0.2) is 43.9 Å². The van der Waals surface area contributed by atoms with E-state index in [0.717, 1.165) is 54.3 Å². The first kappa shape index (κ1) is 17.4. The average molecular weight is 365 g/mol. The highest BCUT2D eigenvalue weighted by Crippen LogP contribution is 2.28. The lowest BCUT2D eigenvalue weighted by Gasteiger charge is -2.28. The van der Waals surface area contributed by atoms with Gasteiger partial charge in [-0.25, -0.2) is 0 Å². The van der Waals surface area contributed by atoms with Crippen LogP contribution in [0.25, 0.3) is 10.9 Å². The highest BCUT2D eigenvalue weighted by Gasteiger charge is 2.16. The van der Waals surface area contributed by atoms with Crippen LogP contribution in [0.2, 0.25) is 0 Å². The molecule has 0 saturated carbocycles. The Balaban J connectivity index is 1.54. The van der Waals surface area contributed by atoms with Crippen molar-refractivity contribution in [1.29, 1.82) is 0 Å². The van der Waals surface area contributed by atoms with Gasteiger partial charge in [0.2, 0.25) is 0 Å². The zero-order valence-electron chi connectivity index (χ0n) is 15.6. The fourth-order valence-electron chi connectivity index (χ4n) is 3.50. The average Bonchev–Trinajstić information content (AvgIpc) is 3.06. The Morgan fingerprint density at radius 3 is 2.56 bits per heavy atom. The van der Waals surface area contributed by atoms with Gasteiger partial charge in [-0.1, -0.05) is 6.07 Å². The Hall–Kier alpha value is -2.99. The summed E-state index contributed by atoms with van der Waals surface area (Å²) in [5.74, 6) is 0.617. The number of carbonyl (C=O) groups is 1. The summed E-state index contributed by atoms with van der Waals surface area (Å²) in [4.78, 5) is 15.1. The minimum atomic E-state index is -0.144. The second kappa shape index (κ2) is 7.32. The zero-order valence-corrected chi connectivity index (χ0v) is 15.6. The van der Waals surface area contributed by atoms with E-state index in [1.54, 1.807) is 7.11 Å². The molecule has 6 heteroatoms. The summed E-state index contributed by atoms with van der Waals surface area (Å²) < 4.78 is 12.7. The van der Waals surface area contributed by atoms with E-state index in [1.165, 1.54) is 0 Å². The van der Waals surface area contributed by atoms with Crippen molar-refractivity contribution in [3.63, 3.8) is 0 Å². The second-order valence-electron chi connectivity index (χ2n) is 6.58. The second-order valence-corrected chi connectivity index (χ2v) is 6.58. The summed E-state index contributed by atoms with van der Waals surface area (Å²) in [5.41, 5.74) is 3.47. The summed E-state index contributed by atoms with van der Waals surface area (Å²) in [7, 11) is 3.52. The molecule has 1 fully saturated rings. The molecule has 1 N–H and O–H groups in total. The quantitative estimate of drug-likeness (QED) is 0.771. The van der Waals surface area contributed by atoms with Gasteiger partial charge in [-0.15, -0.1) is 0 Å². The van der Waals surface area contributed by atoms with E-state index in [0.29, 0.717) is 5.69 Å². The monoisotopic (exact) mass is 365 g/mol. The SMILES string of the molecule is COc1cccc2c1cc(C(=O)Nc1ccc(N3CCOCC3)cc1)n2C. The van der Waals surface area contributed by atoms with Crippen LogP contribution < -0.4 is 15.0 Å². The number of hydrogen-bond donors (Lipinski definition) is 1. The summed E-state index contributed by atoms with van der Waals surface area (Å²) >= 11 is 0. The van der Waals surface area contributed by atoms with Crippen molar-refractivity contribution in [2.24, 2.45) is 7.05 Å². The Bertz CT molecular complexity index is 957. The molecular formula is C21H23N3O3. The number of benzene rings is 2. The number of rotatable bonds is 4. The lowest BCUT2D eigenvalue weighted by molar-refractivity contribution is 0.101. The van der Waals surface area contributed by atoms with E-state index in [2.05, 4.69) is 10.2 Å². The zero-order chi connectivity index (χ0) is 18.8. The van der Waals surface area contributed by atoms with E-state index >= 15 is 0 Å². The molecule has 0 unspecified atom stereocenters. The van der Waals surface area contributed by atoms with Gasteiger partial charge in [0.15, 0.2) is 0 Å². The van der Waals surface area contributed by atoms with E-state index < -0.39 is 0 Å². The summed E-state index contributed by atoms with van der Waals surface area (Å²) in [6.45, 7) is 3.29. The number of anilines is 2.